The van der Waals surface area contributed by atoms with Gasteiger partial charge in [-0.1, -0.05) is 11.6 Å². The Bertz CT molecular complexity index is 372. The molecule has 0 amide bonds. The third-order valence-electron chi connectivity index (χ3n) is 1.25. The molecule has 1 aromatic carbocycles. The summed E-state index contributed by atoms with van der Waals surface area (Å²) < 4.78 is 0. The van der Waals surface area contributed by atoms with Crippen LogP contribution in [0.4, 0.5) is 11.4 Å². The Morgan fingerprint density at radius 1 is 1.58 bits per heavy atom. The van der Waals surface area contributed by atoms with Crippen molar-refractivity contribution in [2.24, 2.45) is 0 Å². The van der Waals surface area contributed by atoms with Gasteiger partial charge in [-0.15, -0.1) is 0 Å². The van der Waals surface area contributed by atoms with Gasteiger partial charge in [-0.05, 0) is 6.07 Å². The molecule has 0 saturated carbocycles. The van der Waals surface area contributed by atoms with E-state index < -0.39 is 4.92 Å². The fraction of sp³-hybridized carbons (Fsp3) is 0. The summed E-state index contributed by atoms with van der Waals surface area (Å²) in [5.41, 5.74) is -0.168. The van der Waals surface area contributed by atoms with Crippen LogP contribution in [0.1, 0.15) is 0 Å². The fourth-order valence-corrected chi connectivity index (χ4v) is 0.847. The Hall–Kier alpha value is -1.67. The highest BCUT2D eigenvalue weighted by atomic mass is 35.5. The summed E-state index contributed by atoms with van der Waals surface area (Å²) in [4.78, 5) is 12.4. The maximum atomic E-state index is 10.2. The first kappa shape index (κ1) is 8.43. The Balaban J connectivity index is 3.25. The highest BCUT2D eigenvalue weighted by Gasteiger charge is 2.17. The largest absolute Gasteiger partial charge is 0.410 e. The number of halogens is 1. The van der Waals surface area contributed by atoms with Crippen molar-refractivity contribution in [1.29, 1.82) is 5.39 Å². The molecule has 0 spiro atoms. The van der Waals surface area contributed by atoms with Gasteiger partial charge in [-0.3, -0.25) is 10.1 Å². The topological polar surface area (TPSA) is 71.3 Å². The van der Waals surface area contributed by atoms with E-state index in [9.17, 15) is 10.1 Å². The van der Waals surface area contributed by atoms with E-state index in [0.717, 1.165) is 6.07 Å². The van der Waals surface area contributed by atoms with E-state index in [2.05, 4.69) is 4.98 Å². The Labute approximate surface area is 72.3 Å². The normalized spacial score (nSPS) is 9.00. The molecule has 0 aliphatic rings. The van der Waals surface area contributed by atoms with Crippen molar-refractivity contribution >= 4 is 23.0 Å². The molecule has 1 aromatic rings. The van der Waals surface area contributed by atoms with Crippen LogP contribution in [-0.4, -0.2) is 4.92 Å². The lowest BCUT2D eigenvalue weighted by Crippen LogP contribution is -1.86. The number of benzene rings is 1. The zero-order valence-corrected chi connectivity index (χ0v) is 6.52. The van der Waals surface area contributed by atoms with Crippen LogP contribution in [0.25, 0.3) is 4.98 Å². The van der Waals surface area contributed by atoms with Crippen LogP contribution in [0, 0.1) is 15.5 Å². The standard InChI is InChI=1S/C6H3ClN3O2/c7-5-2-1-4(10(11)12)3-6(5)9-8/h1-3H/q+1. The lowest BCUT2D eigenvalue weighted by molar-refractivity contribution is -0.384. The summed E-state index contributed by atoms with van der Waals surface area (Å²) in [6.45, 7) is 0. The summed E-state index contributed by atoms with van der Waals surface area (Å²) in [7, 11) is 0. The van der Waals surface area contributed by atoms with Crippen molar-refractivity contribution in [1.82, 2.24) is 0 Å². The number of nitrogens with zero attached hydrogens (tertiary/aromatic N) is 3. The van der Waals surface area contributed by atoms with Gasteiger partial charge < -0.3 is 0 Å². The van der Waals surface area contributed by atoms with E-state index in [1.165, 1.54) is 12.1 Å². The number of hydrogen-bond donors (Lipinski definition) is 0. The highest BCUT2D eigenvalue weighted by molar-refractivity contribution is 6.33. The highest BCUT2D eigenvalue weighted by Crippen LogP contribution is 2.28. The first-order chi connectivity index (χ1) is 5.65. The van der Waals surface area contributed by atoms with Gasteiger partial charge in [-0.25, -0.2) is 0 Å². The molecule has 0 heterocycles. The third-order valence-corrected chi connectivity index (χ3v) is 1.57. The minimum Gasteiger partial charge on any atom is -0.258 e. The minimum atomic E-state index is -0.592. The molecular formula is C6H3ClN3O2+. The predicted molar refractivity (Wildman–Crippen MR) is 42.9 cm³/mol. The minimum absolute atomic E-state index is 0.00846. The number of nitro benzene ring substituents is 1. The average molecular weight is 185 g/mol. The zero-order valence-electron chi connectivity index (χ0n) is 5.77. The Morgan fingerprint density at radius 2 is 2.25 bits per heavy atom. The maximum Gasteiger partial charge on any atom is 0.410 e. The Morgan fingerprint density at radius 3 is 2.75 bits per heavy atom. The second kappa shape index (κ2) is 3.15. The molecule has 0 radical (unpaired) electrons. The molecule has 6 heteroatoms. The molecule has 60 valence electrons. The molecule has 0 aromatic heterocycles. The number of diazo groups is 1. The molecule has 0 unspecified atom stereocenters. The second-order valence-corrected chi connectivity index (χ2v) is 2.40. The number of hydrogen-bond acceptors (Lipinski definition) is 3. The molecular weight excluding hydrogens is 182 g/mol. The number of rotatable bonds is 1. The number of nitro groups is 1. The quantitative estimate of drug-likeness (QED) is 0.383. The summed E-state index contributed by atoms with van der Waals surface area (Å²) in [6, 6.07) is 3.62. The fourth-order valence-electron chi connectivity index (χ4n) is 0.691. The Kier molecular flexibility index (Phi) is 2.21. The van der Waals surface area contributed by atoms with Crippen molar-refractivity contribution in [3.8, 4) is 0 Å². The van der Waals surface area contributed by atoms with E-state index in [0.29, 0.717) is 0 Å². The van der Waals surface area contributed by atoms with Gasteiger partial charge in [0, 0.05) is 6.07 Å². The van der Waals surface area contributed by atoms with Crippen molar-refractivity contribution in [2.45, 2.75) is 0 Å². The molecule has 0 bridgehead atoms. The molecule has 0 aliphatic heterocycles. The summed E-state index contributed by atoms with van der Waals surface area (Å²) in [5.74, 6) is 0. The van der Waals surface area contributed by atoms with Gasteiger partial charge in [0.1, 0.15) is 11.1 Å². The third kappa shape index (κ3) is 1.49. The van der Waals surface area contributed by atoms with E-state index in [1.807, 2.05) is 0 Å². The van der Waals surface area contributed by atoms with E-state index in [-0.39, 0.29) is 16.4 Å². The van der Waals surface area contributed by atoms with Crippen LogP contribution in [-0.2, 0) is 0 Å². The SMILES string of the molecule is N#[N+]c1cc([N+](=O)[O-])ccc1Cl. The first-order valence-electron chi connectivity index (χ1n) is 2.94. The summed E-state index contributed by atoms with van der Waals surface area (Å²) >= 11 is 5.52. The maximum absolute atomic E-state index is 10.2. The summed E-state index contributed by atoms with van der Waals surface area (Å²) in [6.07, 6.45) is 0. The van der Waals surface area contributed by atoms with Crippen LogP contribution in [0.5, 0.6) is 0 Å². The molecule has 0 aliphatic carbocycles. The first-order valence-corrected chi connectivity index (χ1v) is 3.32. The zero-order chi connectivity index (χ0) is 9.14. The molecule has 0 N–H and O–H groups in total. The smallest absolute Gasteiger partial charge is 0.258 e. The van der Waals surface area contributed by atoms with Crippen LogP contribution in [0.3, 0.4) is 0 Å². The van der Waals surface area contributed by atoms with Crippen LogP contribution in [0.2, 0.25) is 5.02 Å². The van der Waals surface area contributed by atoms with Gasteiger partial charge >= 0.3 is 5.69 Å². The van der Waals surface area contributed by atoms with Crippen molar-refractivity contribution < 1.29 is 4.92 Å². The van der Waals surface area contributed by atoms with Crippen LogP contribution >= 0.6 is 11.6 Å². The van der Waals surface area contributed by atoms with Crippen LogP contribution in [0.15, 0.2) is 18.2 Å². The molecule has 0 atom stereocenters. The number of non-ortho nitro benzene ring substituents is 1. The van der Waals surface area contributed by atoms with Gasteiger partial charge in [0.2, 0.25) is 5.39 Å². The second-order valence-electron chi connectivity index (χ2n) is 1.99. The van der Waals surface area contributed by atoms with E-state index >= 15 is 0 Å². The van der Waals surface area contributed by atoms with Crippen molar-refractivity contribution in [2.75, 3.05) is 0 Å². The van der Waals surface area contributed by atoms with Gasteiger partial charge in [0.15, 0.2) is 4.98 Å². The molecule has 5 nitrogen and oxygen atoms in total. The molecule has 0 saturated heterocycles. The molecule has 0 fully saturated rings. The predicted octanol–water partition coefficient (Wildman–Crippen LogP) is 2.73. The lowest BCUT2D eigenvalue weighted by Gasteiger charge is -1.87. The van der Waals surface area contributed by atoms with Gasteiger partial charge in [0.05, 0.1) is 4.92 Å². The molecule has 1 rings (SSSR count). The average Bonchev–Trinajstić information content (AvgIpc) is 2.05. The molecule has 12 heavy (non-hydrogen) atoms. The monoisotopic (exact) mass is 184 g/mol. The van der Waals surface area contributed by atoms with E-state index in [1.54, 1.807) is 0 Å². The van der Waals surface area contributed by atoms with Gasteiger partial charge in [-0.2, -0.15) is 0 Å². The van der Waals surface area contributed by atoms with Gasteiger partial charge in [0.25, 0.3) is 5.69 Å². The van der Waals surface area contributed by atoms with Crippen molar-refractivity contribution in [3.05, 3.63) is 38.3 Å². The van der Waals surface area contributed by atoms with Crippen LogP contribution < -0.4 is 0 Å². The van der Waals surface area contributed by atoms with Crippen molar-refractivity contribution in [3.63, 3.8) is 0 Å². The summed E-state index contributed by atoms with van der Waals surface area (Å²) in [5, 5.41) is 18.7. The lowest BCUT2D eigenvalue weighted by atomic mass is 10.3. The van der Waals surface area contributed by atoms with E-state index in [4.69, 9.17) is 17.0 Å².